The number of hydrogen-bond acceptors (Lipinski definition) is 6. The lowest BCUT2D eigenvalue weighted by molar-refractivity contribution is -0.120. The van der Waals surface area contributed by atoms with Gasteiger partial charge in [0, 0.05) is 11.8 Å². The summed E-state index contributed by atoms with van der Waals surface area (Å²) in [5, 5.41) is 2.70. The number of amides is 3. The number of hydrogen-bond donors (Lipinski definition) is 1. The number of unbranched alkanes of at least 4 members (excludes halogenated alkanes) is 1. The number of ketones is 1. The Morgan fingerprint density at radius 3 is 2.37 bits per heavy atom. The molecule has 0 saturated carbocycles. The molecular weight excluding hydrogens is 446 g/mol. The molecule has 0 fully saturated rings. The molecule has 35 heavy (non-hydrogen) atoms. The highest BCUT2D eigenvalue weighted by Gasteiger charge is 2.42. The van der Waals surface area contributed by atoms with E-state index in [-0.39, 0.29) is 28.3 Å². The van der Waals surface area contributed by atoms with Gasteiger partial charge in [-0.3, -0.25) is 24.1 Å². The molecule has 8 nitrogen and oxygen atoms in total. The molecule has 8 heteroatoms. The van der Waals surface area contributed by atoms with Crippen LogP contribution in [0.3, 0.4) is 0 Å². The average Bonchev–Trinajstić information content (AvgIpc) is 3.14. The van der Waals surface area contributed by atoms with Crippen molar-refractivity contribution in [2.75, 3.05) is 12.4 Å². The number of carbonyl (C=O) groups excluding carboxylic acids is 4. The zero-order chi connectivity index (χ0) is 24.9. The van der Waals surface area contributed by atoms with Gasteiger partial charge >= 0.3 is 0 Å². The molecule has 1 N–H and O–H groups in total. The Labute approximate surface area is 202 Å². The van der Waals surface area contributed by atoms with Crippen molar-refractivity contribution in [3.8, 4) is 5.75 Å². The van der Waals surface area contributed by atoms with Crippen LogP contribution in [0.25, 0.3) is 0 Å². The second-order valence-electron chi connectivity index (χ2n) is 8.13. The molecular formula is C27H25N3O5. The van der Waals surface area contributed by atoms with E-state index in [2.05, 4.69) is 10.3 Å². The summed E-state index contributed by atoms with van der Waals surface area (Å²) in [7, 11) is 1.51. The average molecular weight is 472 g/mol. The molecule has 0 radical (unpaired) electrons. The highest BCUT2D eigenvalue weighted by molar-refractivity contribution is 6.23. The summed E-state index contributed by atoms with van der Waals surface area (Å²) in [6.07, 6.45) is 3.15. The predicted octanol–water partition coefficient (Wildman–Crippen LogP) is 4.11. The van der Waals surface area contributed by atoms with Gasteiger partial charge in [-0.1, -0.05) is 44.0 Å². The largest absolute Gasteiger partial charge is 0.497 e. The highest BCUT2D eigenvalue weighted by Crippen LogP contribution is 2.27. The SMILES string of the molecule is CCCCC(C(=O)Nc1ncccc1C(=O)c1cccc(OC)c1)N1C(=O)c2ccccc2C1=O. The van der Waals surface area contributed by atoms with Gasteiger partial charge in [0.15, 0.2) is 5.78 Å². The highest BCUT2D eigenvalue weighted by atomic mass is 16.5. The number of carbonyl (C=O) groups is 4. The number of rotatable bonds is 9. The Morgan fingerprint density at radius 1 is 1.00 bits per heavy atom. The van der Waals surface area contributed by atoms with Crippen LogP contribution in [0.4, 0.5) is 5.82 Å². The van der Waals surface area contributed by atoms with Crippen molar-refractivity contribution in [3.05, 3.63) is 89.1 Å². The summed E-state index contributed by atoms with van der Waals surface area (Å²) in [6.45, 7) is 1.96. The summed E-state index contributed by atoms with van der Waals surface area (Å²) >= 11 is 0. The zero-order valence-corrected chi connectivity index (χ0v) is 19.5. The van der Waals surface area contributed by atoms with E-state index >= 15 is 0 Å². The third kappa shape index (κ3) is 4.68. The molecule has 178 valence electrons. The second-order valence-corrected chi connectivity index (χ2v) is 8.13. The van der Waals surface area contributed by atoms with Crippen LogP contribution in [-0.2, 0) is 4.79 Å². The van der Waals surface area contributed by atoms with E-state index < -0.39 is 23.8 Å². The topological polar surface area (TPSA) is 106 Å². The van der Waals surface area contributed by atoms with Crippen LogP contribution in [0, 0.1) is 0 Å². The van der Waals surface area contributed by atoms with Crippen molar-refractivity contribution in [3.63, 3.8) is 0 Å². The maximum atomic E-state index is 13.4. The van der Waals surface area contributed by atoms with E-state index in [1.807, 2.05) is 6.92 Å². The number of anilines is 1. The number of imide groups is 1. The molecule has 2 aromatic carbocycles. The van der Waals surface area contributed by atoms with Gasteiger partial charge < -0.3 is 10.1 Å². The first-order chi connectivity index (χ1) is 17.0. The Bertz CT molecular complexity index is 1270. The molecule has 1 aromatic heterocycles. The molecule has 3 aromatic rings. The lowest BCUT2D eigenvalue weighted by Crippen LogP contribution is -2.47. The molecule has 1 aliphatic heterocycles. The molecule has 0 saturated heterocycles. The monoisotopic (exact) mass is 471 g/mol. The summed E-state index contributed by atoms with van der Waals surface area (Å²) < 4.78 is 5.20. The molecule has 1 unspecified atom stereocenters. The molecule has 1 aliphatic rings. The normalized spacial score (nSPS) is 13.4. The third-order valence-corrected chi connectivity index (χ3v) is 5.90. The minimum atomic E-state index is -1.04. The van der Waals surface area contributed by atoms with Crippen LogP contribution in [-0.4, -0.2) is 46.5 Å². The van der Waals surface area contributed by atoms with Gasteiger partial charge in [0.1, 0.15) is 17.6 Å². The number of nitrogens with zero attached hydrogens (tertiary/aromatic N) is 2. The maximum absolute atomic E-state index is 13.4. The quantitative estimate of drug-likeness (QED) is 0.372. The zero-order valence-electron chi connectivity index (χ0n) is 19.5. The lowest BCUT2D eigenvalue weighted by atomic mass is 10.0. The molecule has 2 heterocycles. The van der Waals surface area contributed by atoms with Crippen molar-refractivity contribution in [1.82, 2.24) is 9.88 Å². The van der Waals surface area contributed by atoms with Gasteiger partial charge in [-0.15, -0.1) is 0 Å². The van der Waals surface area contributed by atoms with Crippen molar-refractivity contribution < 1.29 is 23.9 Å². The van der Waals surface area contributed by atoms with Gasteiger partial charge in [0.05, 0.1) is 23.8 Å². The Balaban J connectivity index is 1.63. The van der Waals surface area contributed by atoms with Gasteiger partial charge in [0.25, 0.3) is 11.8 Å². The number of fused-ring (bicyclic) bond motifs is 1. The minimum absolute atomic E-state index is 0.0587. The van der Waals surface area contributed by atoms with Crippen LogP contribution < -0.4 is 10.1 Å². The van der Waals surface area contributed by atoms with Gasteiger partial charge in [-0.25, -0.2) is 4.98 Å². The van der Waals surface area contributed by atoms with Crippen LogP contribution in [0.15, 0.2) is 66.9 Å². The molecule has 0 spiro atoms. The van der Waals surface area contributed by atoms with E-state index in [1.165, 1.54) is 13.3 Å². The molecule has 0 aliphatic carbocycles. The van der Waals surface area contributed by atoms with Crippen LogP contribution in [0.2, 0.25) is 0 Å². The molecule has 3 amide bonds. The number of methoxy groups -OCH3 is 1. The van der Waals surface area contributed by atoms with E-state index in [1.54, 1.807) is 60.7 Å². The van der Waals surface area contributed by atoms with E-state index in [0.717, 1.165) is 11.3 Å². The van der Waals surface area contributed by atoms with Gasteiger partial charge in [-0.2, -0.15) is 0 Å². The van der Waals surface area contributed by atoms with Crippen molar-refractivity contribution in [1.29, 1.82) is 0 Å². The predicted molar refractivity (Wildman–Crippen MR) is 130 cm³/mol. The standard InChI is InChI=1S/C27H25N3O5/c1-3-4-14-22(30-26(33)19-11-5-6-12-20(19)27(30)34)25(32)29-24-21(13-8-15-28-24)23(31)17-9-7-10-18(16-17)35-2/h5-13,15-16,22H,3-4,14H2,1-2H3,(H,28,29,32). The molecule has 0 bridgehead atoms. The van der Waals surface area contributed by atoms with Crippen molar-refractivity contribution >= 4 is 29.3 Å². The van der Waals surface area contributed by atoms with Gasteiger partial charge in [-0.05, 0) is 42.8 Å². The fourth-order valence-corrected chi connectivity index (χ4v) is 4.07. The summed E-state index contributed by atoms with van der Waals surface area (Å²) in [5.74, 6) is -1.35. The van der Waals surface area contributed by atoms with Crippen LogP contribution in [0.5, 0.6) is 5.75 Å². The van der Waals surface area contributed by atoms with E-state index in [4.69, 9.17) is 4.74 Å². The van der Waals surface area contributed by atoms with Crippen LogP contribution >= 0.6 is 0 Å². The Kier molecular flexibility index (Phi) is 7.01. The summed E-state index contributed by atoms with van der Waals surface area (Å²) in [5.41, 5.74) is 1.11. The number of aromatic nitrogens is 1. The van der Waals surface area contributed by atoms with E-state index in [0.29, 0.717) is 24.2 Å². The Morgan fingerprint density at radius 2 is 1.71 bits per heavy atom. The first-order valence-corrected chi connectivity index (χ1v) is 11.4. The summed E-state index contributed by atoms with van der Waals surface area (Å²) in [6, 6.07) is 15.3. The van der Waals surface area contributed by atoms with Crippen LogP contribution in [0.1, 0.15) is 62.8 Å². The smallest absolute Gasteiger partial charge is 0.262 e. The third-order valence-electron chi connectivity index (χ3n) is 5.90. The Hall–Kier alpha value is -4.33. The molecule has 1 atom stereocenters. The number of ether oxygens (including phenoxy) is 1. The first kappa shape index (κ1) is 23.8. The minimum Gasteiger partial charge on any atom is -0.497 e. The van der Waals surface area contributed by atoms with E-state index in [9.17, 15) is 19.2 Å². The molecule has 4 rings (SSSR count). The number of pyridine rings is 1. The lowest BCUT2D eigenvalue weighted by Gasteiger charge is -2.25. The fourth-order valence-electron chi connectivity index (χ4n) is 4.07. The van der Waals surface area contributed by atoms with Crippen molar-refractivity contribution in [2.24, 2.45) is 0 Å². The second kappa shape index (κ2) is 10.3. The summed E-state index contributed by atoms with van der Waals surface area (Å²) in [4.78, 5) is 57.9. The van der Waals surface area contributed by atoms with Crippen molar-refractivity contribution in [2.45, 2.75) is 32.2 Å². The first-order valence-electron chi connectivity index (χ1n) is 11.4. The van der Waals surface area contributed by atoms with Gasteiger partial charge in [0.2, 0.25) is 5.91 Å². The number of nitrogens with one attached hydrogen (secondary N) is 1. The fraction of sp³-hybridized carbons (Fsp3) is 0.222. The maximum Gasteiger partial charge on any atom is 0.262 e. The number of benzene rings is 2.